The van der Waals surface area contributed by atoms with E-state index in [1.807, 2.05) is 6.92 Å². The summed E-state index contributed by atoms with van der Waals surface area (Å²) < 4.78 is 0. The van der Waals surface area contributed by atoms with E-state index >= 15 is 0 Å². The number of amides is 1. The van der Waals surface area contributed by atoms with Gasteiger partial charge >= 0.3 is 0 Å². The third-order valence-electron chi connectivity index (χ3n) is 2.48. The van der Waals surface area contributed by atoms with E-state index < -0.39 is 0 Å². The van der Waals surface area contributed by atoms with Crippen molar-refractivity contribution in [2.45, 2.75) is 32.7 Å². The topological polar surface area (TPSA) is 55.1 Å². The van der Waals surface area contributed by atoms with Crippen molar-refractivity contribution in [3.8, 4) is 0 Å². The SMILES string of the molecule is CC(CCN)C(=O)NC1CC1C. The molecule has 0 aromatic rings. The van der Waals surface area contributed by atoms with E-state index in [0.717, 1.165) is 12.8 Å². The fraction of sp³-hybridized carbons (Fsp3) is 0.889. The Morgan fingerprint density at radius 1 is 1.75 bits per heavy atom. The van der Waals surface area contributed by atoms with Gasteiger partial charge in [0.2, 0.25) is 5.91 Å². The van der Waals surface area contributed by atoms with Crippen LogP contribution in [0.4, 0.5) is 0 Å². The minimum Gasteiger partial charge on any atom is -0.353 e. The molecule has 0 spiro atoms. The van der Waals surface area contributed by atoms with Crippen LogP contribution >= 0.6 is 0 Å². The zero-order chi connectivity index (χ0) is 9.14. The standard InChI is InChI=1S/C9H18N2O/c1-6(3-4-10)9(12)11-8-5-7(8)2/h6-8H,3-5,10H2,1-2H3,(H,11,12). The molecule has 3 atom stereocenters. The van der Waals surface area contributed by atoms with Crippen LogP contribution in [0.15, 0.2) is 0 Å². The lowest BCUT2D eigenvalue weighted by Gasteiger charge is -2.09. The molecule has 3 heteroatoms. The van der Waals surface area contributed by atoms with Gasteiger partial charge in [0.1, 0.15) is 0 Å². The van der Waals surface area contributed by atoms with Gasteiger partial charge in [0.05, 0.1) is 0 Å². The maximum absolute atomic E-state index is 11.4. The minimum atomic E-state index is 0.0720. The quantitative estimate of drug-likeness (QED) is 0.645. The van der Waals surface area contributed by atoms with Gasteiger partial charge in [-0.3, -0.25) is 4.79 Å². The summed E-state index contributed by atoms with van der Waals surface area (Å²) in [5, 5.41) is 2.99. The maximum Gasteiger partial charge on any atom is 0.223 e. The van der Waals surface area contributed by atoms with Gasteiger partial charge in [-0.25, -0.2) is 0 Å². The average Bonchev–Trinajstić information content (AvgIpc) is 2.67. The van der Waals surface area contributed by atoms with E-state index in [1.165, 1.54) is 0 Å². The molecule has 70 valence electrons. The first-order valence-corrected chi connectivity index (χ1v) is 4.65. The first-order chi connectivity index (χ1) is 5.65. The monoisotopic (exact) mass is 170 g/mol. The van der Waals surface area contributed by atoms with Crippen molar-refractivity contribution in [3.05, 3.63) is 0 Å². The van der Waals surface area contributed by atoms with E-state index in [9.17, 15) is 4.79 Å². The highest BCUT2D eigenvalue weighted by Crippen LogP contribution is 2.29. The molecule has 1 rings (SSSR count). The molecule has 12 heavy (non-hydrogen) atoms. The van der Waals surface area contributed by atoms with Crippen LogP contribution in [-0.4, -0.2) is 18.5 Å². The molecule has 3 unspecified atom stereocenters. The molecule has 1 saturated carbocycles. The number of carbonyl (C=O) groups is 1. The largest absolute Gasteiger partial charge is 0.353 e. The Balaban J connectivity index is 2.18. The summed E-state index contributed by atoms with van der Waals surface area (Å²) >= 11 is 0. The summed E-state index contributed by atoms with van der Waals surface area (Å²) in [4.78, 5) is 11.4. The van der Waals surface area contributed by atoms with Gasteiger partial charge in [-0.1, -0.05) is 13.8 Å². The third kappa shape index (κ3) is 2.48. The Labute approximate surface area is 73.7 Å². The molecule has 3 N–H and O–H groups in total. The van der Waals surface area contributed by atoms with Crippen molar-refractivity contribution < 1.29 is 4.79 Å². The summed E-state index contributed by atoms with van der Waals surface area (Å²) in [6.45, 7) is 4.67. The summed E-state index contributed by atoms with van der Waals surface area (Å²) in [6.07, 6.45) is 1.92. The minimum absolute atomic E-state index is 0.0720. The first kappa shape index (κ1) is 9.52. The van der Waals surface area contributed by atoms with Crippen molar-refractivity contribution in [3.63, 3.8) is 0 Å². The number of carbonyl (C=O) groups excluding carboxylic acids is 1. The molecule has 1 aliphatic carbocycles. The Hall–Kier alpha value is -0.570. The number of hydrogen-bond donors (Lipinski definition) is 2. The summed E-state index contributed by atoms with van der Waals surface area (Å²) in [5.41, 5.74) is 5.36. The number of hydrogen-bond acceptors (Lipinski definition) is 2. The summed E-state index contributed by atoms with van der Waals surface area (Å²) in [6, 6.07) is 0.442. The van der Waals surface area contributed by atoms with Crippen molar-refractivity contribution in [1.82, 2.24) is 5.32 Å². The van der Waals surface area contributed by atoms with Crippen LogP contribution in [0.5, 0.6) is 0 Å². The molecular formula is C9H18N2O. The van der Waals surface area contributed by atoms with Crippen molar-refractivity contribution >= 4 is 5.91 Å². The molecule has 0 aliphatic heterocycles. The van der Waals surface area contributed by atoms with E-state index in [1.54, 1.807) is 0 Å². The second-order valence-corrected chi connectivity index (χ2v) is 3.81. The Morgan fingerprint density at radius 2 is 2.33 bits per heavy atom. The van der Waals surface area contributed by atoms with Crippen LogP contribution in [0.1, 0.15) is 26.7 Å². The fourth-order valence-electron chi connectivity index (χ4n) is 1.23. The molecule has 3 nitrogen and oxygen atoms in total. The van der Waals surface area contributed by atoms with Crippen molar-refractivity contribution in [2.75, 3.05) is 6.54 Å². The molecule has 0 bridgehead atoms. The van der Waals surface area contributed by atoms with Crippen LogP contribution in [0.2, 0.25) is 0 Å². The molecule has 1 fully saturated rings. The van der Waals surface area contributed by atoms with Crippen LogP contribution < -0.4 is 11.1 Å². The van der Waals surface area contributed by atoms with Crippen LogP contribution in [-0.2, 0) is 4.79 Å². The Morgan fingerprint density at radius 3 is 2.75 bits per heavy atom. The van der Waals surface area contributed by atoms with Gasteiger partial charge in [-0.05, 0) is 25.3 Å². The van der Waals surface area contributed by atoms with Crippen LogP contribution in [0.3, 0.4) is 0 Å². The number of nitrogens with two attached hydrogens (primary N) is 1. The Kier molecular flexibility index (Phi) is 3.09. The molecule has 0 radical (unpaired) electrons. The summed E-state index contributed by atoms with van der Waals surface area (Å²) in [7, 11) is 0. The van der Waals surface area contributed by atoms with Crippen LogP contribution in [0.25, 0.3) is 0 Å². The van der Waals surface area contributed by atoms with E-state index in [4.69, 9.17) is 5.73 Å². The summed E-state index contributed by atoms with van der Waals surface area (Å²) in [5.74, 6) is 0.914. The van der Waals surface area contributed by atoms with Gasteiger partial charge < -0.3 is 11.1 Å². The third-order valence-corrected chi connectivity index (χ3v) is 2.48. The lowest BCUT2D eigenvalue weighted by Crippen LogP contribution is -2.32. The molecule has 1 amide bonds. The first-order valence-electron chi connectivity index (χ1n) is 4.65. The van der Waals surface area contributed by atoms with Gasteiger partial charge in [0, 0.05) is 12.0 Å². The Bertz CT molecular complexity index is 170. The molecular weight excluding hydrogens is 152 g/mol. The predicted octanol–water partition coefficient (Wildman–Crippen LogP) is 0.496. The second-order valence-electron chi connectivity index (χ2n) is 3.81. The van der Waals surface area contributed by atoms with E-state index in [-0.39, 0.29) is 11.8 Å². The number of nitrogens with one attached hydrogen (secondary N) is 1. The molecule has 1 aliphatic rings. The highest BCUT2D eigenvalue weighted by molar-refractivity contribution is 5.78. The highest BCUT2D eigenvalue weighted by Gasteiger charge is 2.34. The van der Waals surface area contributed by atoms with Gasteiger partial charge in [-0.2, -0.15) is 0 Å². The van der Waals surface area contributed by atoms with Crippen LogP contribution in [0, 0.1) is 11.8 Å². The van der Waals surface area contributed by atoms with Gasteiger partial charge in [0.25, 0.3) is 0 Å². The number of rotatable bonds is 4. The lowest BCUT2D eigenvalue weighted by molar-refractivity contribution is -0.124. The average molecular weight is 170 g/mol. The lowest BCUT2D eigenvalue weighted by atomic mass is 10.1. The molecule has 0 heterocycles. The fourth-order valence-corrected chi connectivity index (χ4v) is 1.23. The van der Waals surface area contributed by atoms with Crippen molar-refractivity contribution in [2.24, 2.45) is 17.6 Å². The molecule has 0 saturated heterocycles. The second kappa shape index (κ2) is 3.90. The smallest absolute Gasteiger partial charge is 0.223 e. The van der Waals surface area contributed by atoms with E-state index in [0.29, 0.717) is 18.5 Å². The maximum atomic E-state index is 11.4. The van der Waals surface area contributed by atoms with Gasteiger partial charge in [0.15, 0.2) is 0 Å². The predicted molar refractivity (Wildman–Crippen MR) is 48.5 cm³/mol. The van der Waals surface area contributed by atoms with Gasteiger partial charge in [-0.15, -0.1) is 0 Å². The normalized spacial score (nSPS) is 29.6. The zero-order valence-corrected chi connectivity index (χ0v) is 7.84. The molecule has 0 aromatic carbocycles. The molecule has 0 aromatic heterocycles. The zero-order valence-electron chi connectivity index (χ0n) is 7.84. The van der Waals surface area contributed by atoms with E-state index in [2.05, 4.69) is 12.2 Å². The van der Waals surface area contributed by atoms with Crippen molar-refractivity contribution in [1.29, 1.82) is 0 Å². The highest BCUT2D eigenvalue weighted by atomic mass is 16.1.